The number of hydrogen-bond donors (Lipinski definition) is 1. The number of halogens is 1. The number of rotatable bonds is 5. The highest BCUT2D eigenvalue weighted by molar-refractivity contribution is 5.61. The van der Waals surface area contributed by atoms with Crippen molar-refractivity contribution in [3.8, 4) is 11.4 Å². The number of benzene rings is 1. The fraction of sp³-hybridized carbons (Fsp3) is 0.417. The SMILES string of the molecule is CCOCC(C)n1nnnc1-c1cc(N)ccc1F. The molecule has 0 aliphatic carbocycles. The van der Waals surface area contributed by atoms with Crippen molar-refractivity contribution in [1.82, 2.24) is 20.2 Å². The number of anilines is 1. The number of nitrogen functional groups attached to an aromatic ring is 1. The highest BCUT2D eigenvalue weighted by atomic mass is 19.1. The minimum Gasteiger partial charge on any atom is -0.399 e. The highest BCUT2D eigenvalue weighted by Crippen LogP contribution is 2.24. The molecule has 2 rings (SSSR count). The van der Waals surface area contributed by atoms with Gasteiger partial charge in [0.05, 0.1) is 18.2 Å². The van der Waals surface area contributed by atoms with E-state index in [1.807, 2.05) is 13.8 Å². The summed E-state index contributed by atoms with van der Waals surface area (Å²) in [4.78, 5) is 0. The molecule has 2 aromatic rings. The molecule has 102 valence electrons. The van der Waals surface area contributed by atoms with Crippen LogP contribution < -0.4 is 5.73 Å². The second kappa shape index (κ2) is 5.75. The van der Waals surface area contributed by atoms with Gasteiger partial charge >= 0.3 is 0 Å². The Labute approximate surface area is 110 Å². The second-order valence-corrected chi connectivity index (χ2v) is 4.19. The summed E-state index contributed by atoms with van der Waals surface area (Å²) in [5.74, 6) is -0.0640. The molecule has 0 fully saturated rings. The van der Waals surface area contributed by atoms with Crippen molar-refractivity contribution in [2.75, 3.05) is 18.9 Å². The Kier molecular flexibility index (Phi) is 4.06. The van der Waals surface area contributed by atoms with Crippen molar-refractivity contribution in [1.29, 1.82) is 0 Å². The van der Waals surface area contributed by atoms with Gasteiger partial charge in [-0.2, -0.15) is 0 Å². The molecule has 19 heavy (non-hydrogen) atoms. The van der Waals surface area contributed by atoms with Gasteiger partial charge in [-0.05, 0) is 42.5 Å². The zero-order valence-corrected chi connectivity index (χ0v) is 10.9. The number of hydrogen-bond acceptors (Lipinski definition) is 5. The standard InChI is InChI=1S/C12H16FN5O/c1-3-19-7-8(2)18-12(15-16-17-18)10-6-9(14)4-5-11(10)13/h4-6,8H,3,7,14H2,1-2H3. The molecule has 2 N–H and O–H groups in total. The first-order chi connectivity index (χ1) is 9.13. The van der Waals surface area contributed by atoms with Crippen LogP contribution in [0.15, 0.2) is 18.2 Å². The Morgan fingerprint density at radius 1 is 1.47 bits per heavy atom. The van der Waals surface area contributed by atoms with E-state index >= 15 is 0 Å². The summed E-state index contributed by atoms with van der Waals surface area (Å²) in [7, 11) is 0. The predicted octanol–water partition coefficient (Wildman–Crippen LogP) is 1.66. The summed E-state index contributed by atoms with van der Waals surface area (Å²) in [6.07, 6.45) is 0. The third-order valence-electron chi connectivity index (χ3n) is 2.70. The average Bonchev–Trinajstić information content (AvgIpc) is 2.88. The van der Waals surface area contributed by atoms with E-state index in [1.165, 1.54) is 22.9 Å². The summed E-state index contributed by atoms with van der Waals surface area (Å²) >= 11 is 0. The molecule has 6 nitrogen and oxygen atoms in total. The van der Waals surface area contributed by atoms with Crippen LogP contribution in [0.3, 0.4) is 0 Å². The van der Waals surface area contributed by atoms with Crippen LogP contribution >= 0.6 is 0 Å². The van der Waals surface area contributed by atoms with E-state index in [1.54, 1.807) is 0 Å². The van der Waals surface area contributed by atoms with Crippen molar-refractivity contribution in [3.63, 3.8) is 0 Å². The van der Waals surface area contributed by atoms with Gasteiger partial charge in [-0.15, -0.1) is 5.10 Å². The maximum atomic E-state index is 13.8. The normalized spacial score (nSPS) is 12.6. The van der Waals surface area contributed by atoms with E-state index < -0.39 is 5.82 Å². The van der Waals surface area contributed by atoms with Crippen LogP contribution in [0, 0.1) is 5.82 Å². The topological polar surface area (TPSA) is 78.8 Å². The lowest BCUT2D eigenvalue weighted by molar-refractivity contribution is 0.115. The molecule has 1 atom stereocenters. The van der Waals surface area contributed by atoms with Gasteiger partial charge in [0.25, 0.3) is 0 Å². The molecule has 1 aromatic carbocycles. The van der Waals surface area contributed by atoms with Crippen molar-refractivity contribution in [2.45, 2.75) is 19.9 Å². The van der Waals surface area contributed by atoms with Crippen LogP contribution in [0.5, 0.6) is 0 Å². The van der Waals surface area contributed by atoms with Crippen molar-refractivity contribution in [2.24, 2.45) is 0 Å². The number of aromatic nitrogens is 4. The first-order valence-electron chi connectivity index (χ1n) is 6.04. The van der Waals surface area contributed by atoms with E-state index in [0.717, 1.165) is 0 Å². The molecule has 0 aliphatic rings. The largest absolute Gasteiger partial charge is 0.399 e. The molecule has 0 aliphatic heterocycles. The molecule has 1 unspecified atom stereocenters. The fourth-order valence-electron chi connectivity index (χ4n) is 1.74. The molecule has 0 spiro atoms. The number of nitrogens with two attached hydrogens (primary N) is 1. The van der Waals surface area contributed by atoms with Gasteiger partial charge in [0, 0.05) is 12.3 Å². The first kappa shape index (κ1) is 13.4. The Balaban J connectivity index is 2.35. The third-order valence-corrected chi connectivity index (χ3v) is 2.70. The molecular formula is C12H16FN5O. The third kappa shape index (κ3) is 2.87. The van der Waals surface area contributed by atoms with Crippen molar-refractivity contribution >= 4 is 5.69 Å². The van der Waals surface area contributed by atoms with Gasteiger partial charge in [0.2, 0.25) is 0 Å². The van der Waals surface area contributed by atoms with Gasteiger partial charge in [0.1, 0.15) is 5.82 Å². The smallest absolute Gasteiger partial charge is 0.185 e. The number of nitrogens with zero attached hydrogens (tertiary/aromatic N) is 4. The first-order valence-corrected chi connectivity index (χ1v) is 6.04. The van der Waals surface area contributed by atoms with Crippen LogP contribution in [0.4, 0.5) is 10.1 Å². The fourth-order valence-corrected chi connectivity index (χ4v) is 1.74. The Hall–Kier alpha value is -2.02. The molecule has 1 aromatic heterocycles. The quantitative estimate of drug-likeness (QED) is 0.832. The molecule has 0 bridgehead atoms. The Bertz CT molecular complexity index is 557. The van der Waals surface area contributed by atoms with Crippen LogP contribution in [0.2, 0.25) is 0 Å². The predicted molar refractivity (Wildman–Crippen MR) is 68.8 cm³/mol. The van der Waals surface area contributed by atoms with Gasteiger partial charge in [-0.25, -0.2) is 9.07 Å². The summed E-state index contributed by atoms with van der Waals surface area (Å²) in [6.45, 7) is 4.87. The molecule has 0 amide bonds. The average molecular weight is 265 g/mol. The van der Waals surface area contributed by atoms with Gasteiger partial charge in [-0.3, -0.25) is 0 Å². The molecule has 1 heterocycles. The van der Waals surface area contributed by atoms with Gasteiger partial charge in [-0.1, -0.05) is 0 Å². The molecule has 7 heteroatoms. The van der Waals surface area contributed by atoms with E-state index in [9.17, 15) is 4.39 Å². The Morgan fingerprint density at radius 3 is 3.00 bits per heavy atom. The van der Waals surface area contributed by atoms with E-state index in [0.29, 0.717) is 24.7 Å². The lowest BCUT2D eigenvalue weighted by atomic mass is 10.1. The highest BCUT2D eigenvalue weighted by Gasteiger charge is 2.17. The van der Waals surface area contributed by atoms with Gasteiger partial charge in [0.15, 0.2) is 5.82 Å². The summed E-state index contributed by atoms with van der Waals surface area (Å²) in [5, 5.41) is 11.4. The van der Waals surface area contributed by atoms with Crippen molar-refractivity contribution in [3.05, 3.63) is 24.0 Å². The lowest BCUT2D eigenvalue weighted by Gasteiger charge is -2.13. The zero-order valence-electron chi connectivity index (χ0n) is 10.9. The van der Waals surface area contributed by atoms with Crippen LogP contribution in [-0.2, 0) is 4.74 Å². The van der Waals surface area contributed by atoms with Gasteiger partial charge < -0.3 is 10.5 Å². The number of tetrazole rings is 1. The maximum absolute atomic E-state index is 13.8. The minimum atomic E-state index is -0.408. The summed E-state index contributed by atoms with van der Waals surface area (Å²) in [6, 6.07) is 4.23. The van der Waals surface area contributed by atoms with Crippen LogP contribution in [-0.4, -0.2) is 33.4 Å². The maximum Gasteiger partial charge on any atom is 0.185 e. The van der Waals surface area contributed by atoms with Crippen molar-refractivity contribution < 1.29 is 9.13 Å². The summed E-state index contributed by atoms with van der Waals surface area (Å²) < 4.78 is 20.7. The number of ether oxygens (including phenoxy) is 1. The van der Waals surface area contributed by atoms with E-state index in [4.69, 9.17) is 10.5 Å². The Morgan fingerprint density at radius 2 is 2.26 bits per heavy atom. The minimum absolute atomic E-state index is 0.0919. The van der Waals surface area contributed by atoms with E-state index in [2.05, 4.69) is 15.5 Å². The second-order valence-electron chi connectivity index (χ2n) is 4.19. The van der Waals surface area contributed by atoms with E-state index in [-0.39, 0.29) is 11.6 Å². The van der Waals surface area contributed by atoms with Crippen LogP contribution in [0.1, 0.15) is 19.9 Å². The lowest BCUT2D eigenvalue weighted by Crippen LogP contribution is -2.15. The van der Waals surface area contributed by atoms with Crippen LogP contribution in [0.25, 0.3) is 11.4 Å². The molecule has 0 radical (unpaired) electrons. The summed E-state index contributed by atoms with van der Waals surface area (Å²) in [5.41, 5.74) is 6.42. The zero-order chi connectivity index (χ0) is 13.8. The molecule has 0 saturated heterocycles. The molecular weight excluding hydrogens is 249 g/mol. The monoisotopic (exact) mass is 265 g/mol. The molecule has 0 saturated carbocycles.